The lowest BCUT2D eigenvalue weighted by molar-refractivity contribution is -0.162. The zero-order valence-electron chi connectivity index (χ0n) is 8.51. The smallest absolute Gasteiger partial charge is 0.0911 e. The molecule has 0 aromatic carbocycles. The van der Waals surface area contributed by atoms with Crippen LogP contribution in [-0.2, 0) is 4.74 Å². The van der Waals surface area contributed by atoms with E-state index in [9.17, 15) is 0 Å². The second-order valence-electron chi connectivity index (χ2n) is 4.69. The molecule has 3 rings (SSSR count). The molecule has 0 aromatic rings. The number of nitrogens with one attached hydrogen (secondary N) is 3. The Bertz CT molecular complexity index is 191. The van der Waals surface area contributed by atoms with Gasteiger partial charge in [0, 0.05) is 51.1 Å². The van der Waals surface area contributed by atoms with Crippen molar-refractivity contribution in [2.75, 3.05) is 45.9 Å². The van der Waals surface area contributed by atoms with E-state index in [-0.39, 0.29) is 5.60 Å². The van der Waals surface area contributed by atoms with E-state index >= 15 is 0 Å². The summed E-state index contributed by atoms with van der Waals surface area (Å²) in [5.41, 5.74) is 0.134. The number of hydrogen-bond acceptors (Lipinski definition) is 4. The van der Waals surface area contributed by atoms with E-state index in [1.165, 1.54) is 0 Å². The van der Waals surface area contributed by atoms with Crippen LogP contribution in [0.1, 0.15) is 0 Å². The maximum Gasteiger partial charge on any atom is 0.0911 e. The maximum absolute atomic E-state index is 6.13. The minimum atomic E-state index is 0.134. The molecule has 3 aliphatic rings. The van der Waals surface area contributed by atoms with Gasteiger partial charge in [0.15, 0.2) is 0 Å². The van der Waals surface area contributed by atoms with Gasteiger partial charge in [0.05, 0.1) is 12.2 Å². The summed E-state index contributed by atoms with van der Waals surface area (Å²) in [6.07, 6.45) is 0. The quantitative estimate of drug-likeness (QED) is 0.519. The number of ether oxygens (including phenoxy) is 1. The van der Waals surface area contributed by atoms with Crippen molar-refractivity contribution in [1.29, 1.82) is 0 Å². The topological polar surface area (TPSA) is 45.3 Å². The summed E-state index contributed by atoms with van der Waals surface area (Å²) in [4.78, 5) is 0. The lowest BCUT2D eigenvalue weighted by atomic mass is 9.70. The average molecular weight is 197 g/mol. The molecule has 0 radical (unpaired) electrons. The van der Waals surface area contributed by atoms with Crippen molar-refractivity contribution in [2.24, 2.45) is 11.8 Å². The van der Waals surface area contributed by atoms with Crippen LogP contribution in [0.2, 0.25) is 0 Å². The van der Waals surface area contributed by atoms with Crippen LogP contribution >= 0.6 is 0 Å². The lowest BCUT2D eigenvalue weighted by Crippen LogP contribution is -2.71. The highest BCUT2D eigenvalue weighted by atomic mass is 16.5. The Labute approximate surface area is 84.8 Å². The summed E-state index contributed by atoms with van der Waals surface area (Å²) in [7, 11) is 0. The molecule has 3 N–H and O–H groups in total. The molecule has 4 heteroatoms. The molecule has 14 heavy (non-hydrogen) atoms. The van der Waals surface area contributed by atoms with Gasteiger partial charge >= 0.3 is 0 Å². The summed E-state index contributed by atoms with van der Waals surface area (Å²) in [5, 5.41) is 10.2. The monoisotopic (exact) mass is 197 g/mol. The van der Waals surface area contributed by atoms with Crippen LogP contribution in [0.4, 0.5) is 0 Å². The van der Waals surface area contributed by atoms with Crippen LogP contribution in [0.25, 0.3) is 0 Å². The van der Waals surface area contributed by atoms with E-state index < -0.39 is 0 Å². The van der Waals surface area contributed by atoms with E-state index in [1.54, 1.807) is 0 Å². The standard InChI is InChI=1S/C10H19N3O/c1-2-14-10(7-11-1,8-3-12-4-8)9-5-13-6-9/h8-9,11-13H,1-7H2. The van der Waals surface area contributed by atoms with Crippen LogP contribution in [0.3, 0.4) is 0 Å². The third-order valence-corrected chi connectivity index (χ3v) is 4.00. The van der Waals surface area contributed by atoms with E-state index in [0.29, 0.717) is 0 Å². The van der Waals surface area contributed by atoms with E-state index in [2.05, 4.69) is 16.0 Å². The Morgan fingerprint density at radius 1 is 0.929 bits per heavy atom. The van der Waals surface area contributed by atoms with Crippen molar-refractivity contribution in [3.05, 3.63) is 0 Å². The molecule has 0 aliphatic carbocycles. The van der Waals surface area contributed by atoms with Gasteiger partial charge in [-0.05, 0) is 0 Å². The average Bonchev–Trinajstić information content (AvgIpc) is 1.98. The van der Waals surface area contributed by atoms with Gasteiger partial charge in [-0.15, -0.1) is 0 Å². The fourth-order valence-corrected chi connectivity index (χ4v) is 2.77. The molecular weight excluding hydrogens is 178 g/mol. The largest absolute Gasteiger partial charge is 0.372 e. The zero-order chi connectivity index (χ0) is 9.43. The summed E-state index contributed by atoms with van der Waals surface area (Å²) < 4.78 is 6.13. The zero-order valence-corrected chi connectivity index (χ0v) is 8.51. The minimum absolute atomic E-state index is 0.134. The van der Waals surface area contributed by atoms with E-state index in [0.717, 1.165) is 57.7 Å². The van der Waals surface area contributed by atoms with Crippen molar-refractivity contribution in [3.63, 3.8) is 0 Å². The Morgan fingerprint density at radius 3 is 1.93 bits per heavy atom. The summed E-state index contributed by atoms with van der Waals surface area (Å²) in [5.74, 6) is 1.45. The van der Waals surface area contributed by atoms with Gasteiger partial charge in [-0.1, -0.05) is 0 Å². The fraction of sp³-hybridized carbons (Fsp3) is 1.00. The third kappa shape index (κ3) is 1.21. The molecule has 0 unspecified atom stereocenters. The maximum atomic E-state index is 6.13. The van der Waals surface area contributed by atoms with Crippen molar-refractivity contribution >= 4 is 0 Å². The molecule has 0 amide bonds. The van der Waals surface area contributed by atoms with Crippen LogP contribution in [0.5, 0.6) is 0 Å². The SMILES string of the molecule is C1COC(C2CNC2)(C2CNC2)CN1. The highest BCUT2D eigenvalue weighted by Gasteiger charge is 2.51. The number of hydrogen-bond donors (Lipinski definition) is 3. The van der Waals surface area contributed by atoms with Crippen LogP contribution in [0.15, 0.2) is 0 Å². The first kappa shape index (κ1) is 9.09. The van der Waals surface area contributed by atoms with E-state index in [1.807, 2.05) is 0 Å². The predicted molar refractivity (Wildman–Crippen MR) is 54.3 cm³/mol. The van der Waals surface area contributed by atoms with Gasteiger partial charge < -0.3 is 20.7 Å². The molecule has 3 fully saturated rings. The molecule has 3 saturated heterocycles. The highest BCUT2D eigenvalue weighted by Crippen LogP contribution is 2.36. The van der Waals surface area contributed by atoms with Crippen LogP contribution in [-0.4, -0.2) is 51.5 Å². The first-order chi connectivity index (χ1) is 6.92. The normalized spacial score (nSPS) is 33.4. The number of rotatable bonds is 2. The lowest BCUT2D eigenvalue weighted by Gasteiger charge is -2.54. The molecule has 0 bridgehead atoms. The molecule has 0 atom stereocenters. The van der Waals surface area contributed by atoms with E-state index in [4.69, 9.17) is 4.74 Å². The first-order valence-electron chi connectivity index (χ1n) is 5.68. The Morgan fingerprint density at radius 2 is 1.57 bits per heavy atom. The Hall–Kier alpha value is -0.160. The van der Waals surface area contributed by atoms with Crippen molar-refractivity contribution in [3.8, 4) is 0 Å². The first-order valence-corrected chi connectivity index (χ1v) is 5.68. The molecular formula is C10H19N3O. The van der Waals surface area contributed by atoms with Gasteiger partial charge in [-0.25, -0.2) is 0 Å². The van der Waals surface area contributed by atoms with Crippen LogP contribution < -0.4 is 16.0 Å². The van der Waals surface area contributed by atoms with Crippen molar-refractivity contribution < 1.29 is 4.74 Å². The van der Waals surface area contributed by atoms with Gasteiger partial charge in [0.2, 0.25) is 0 Å². The molecule has 3 heterocycles. The molecule has 80 valence electrons. The fourth-order valence-electron chi connectivity index (χ4n) is 2.77. The molecule has 3 aliphatic heterocycles. The highest BCUT2D eigenvalue weighted by molar-refractivity contribution is 5.06. The van der Waals surface area contributed by atoms with Gasteiger partial charge in [0.1, 0.15) is 0 Å². The minimum Gasteiger partial charge on any atom is -0.372 e. The van der Waals surface area contributed by atoms with Crippen molar-refractivity contribution in [1.82, 2.24) is 16.0 Å². The molecule has 0 spiro atoms. The second-order valence-corrected chi connectivity index (χ2v) is 4.69. The Kier molecular flexibility index (Phi) is 2.24. The molecule has 0 aromatic heterocycles. The third-order valence-electron chi connectivity index (χ3n) is 4.00. The summed E-state index contributed by atoms with van der Waals surface area (Å²) >= 11 is 0. The van der Waals surface area contributed by atoms with Crippen molar-refractivity contribution in [2.45, 2.75) is 5.60 Å². The van der Waals surface area contributed by atoms with Gasteiger partial charge in [-0.2, -0.15) is 0 Å². The van der Waals surface area contributed by atoms with Gasteiger partial charge in [-0.3, -0.25) is 0 Å². The Balaban J connectivity index is 1.76. The van der Waals surface area contributed by atoms with Gasteiger partial charge in [0.25, 0.3) is 0 Å². The summed E-state index contributed by atoms with van der Waals surface area (Å²) in [6, 6.07) is 0. The van der Waals surface area contributed by atoms with Crippen LogP contribution in [0, 0.1) is 11.8 Å². The molecule has 0 saturated carbocycles. The number of morpholine rings is 1. The summed E-state index contributed by atoms with van der Waals surface area (Å²) in [6.45, 7) is 7.49. The predicted octanol–water partition coefficient (Wildman–Crippen LogP) is -1.22. The second kappa shape index (κ2) is 3.45. The molecule has 4 nitrogen and oxygen atoms in total.